The normalized spacial score (nSPS) is 9.31. The molecule has 0 aliphatic heterocycles. The van der Waals surface area contributed by atoms with Gasteiger partial charge in [0.05, 0.1) is 6.42 Å². The SMILES string of the molecule is CNC(=O)CC(=S)c1ccccc1. The topological polar surface area (TPSA) is 29.1 Å². The van der Waals surface area contributed by atoms with E-state index in [0.717, 1.165) is 5.56 Å². The number of carbonyl (C=O) groups excluding carboxylic acids is 1. The Balaban J connectivity index is 2.65. The zero-order valence-electron chi connectivity index (χ0n) is 7.41. The van der Waals surface area contributed by atoms with E-state index >= 15 is 0 Å². The van der Waals surface area contributed by atoms with Crippen molar-refractivity contribution >= 4 is 23.0 Å². The van der Waals surface area contributed by atoms with Crippen LogP contribution in [0, 0.1) is 0 Å². The zero-order chi connectivity index (χ0) is 9.68. The molecule has 0 saturated heterocycles. The smallest absolute Gasteiger partial charge is 0.225 e. The zero-order valence-corrected chi connectivity index (χ0v) is 8.23. The van der Waals surface area contributed by atoms with Crippen molar-refractivity contribution in [2.24, 2.45) is 0 Å². The maximum Gasteiger partial charge on any atom is 0.225 e. The van der Waals surface area contributed by atoms with Crippen LogP contribution in [0.15, 0.2) is 30.3 Å². The van der Waals surface area contributed by atoms with E-state index in [2.05, 4.69) is 5.32 Å². The third-order valence-electron chi connectivity index (χ3n) is 1.70. The fourth-order valence-corrected chi connectivity index (χ4v) is 1.23. The maximum atomic E-state index is 11.0. The van der Waals surface area contributed by atoms with Gasteiger partial charge < -0.3 is 5.32 Å². The summed E-state index contributed by atoms with van der Waals surface area (Å²) in [5.41, 5.74) is 0.945. The molecule has 0 bridgehead atoms. The Labute approximate surface area is 83.0 Å². The molecule has 0 radical (unpaired) electrons. The van der Waals surface area contributed by atoms with Gasteiger partial charge >= 0.3 is 0 Å². The van der Waals surface area contributed by atoms with Gasteiger partial charge in [-0.3, -0.25) is 4.79 Å². The first kappa shape index (κ1) is 9.86. The summed E-state index contributed by atoms with van der Waals surface area (Å²) in [4.78, 5) is 11.7. The minimum Gasteiger partial charge on any atom is -0.359 e. The van der Waals surface area contributed by atoms with Gasteiger partial charge in [0.15, 0.2) is 0 Å². The number of rotatable bonds is 3. The maximum absolute atomic E-state index is 11.0. The first-order chi connectivity index (χ1) is 6.24. The first-order valence-electron chi connectivity index (χ1n) is 4.03. The van der Waals surface area contributed by atoms with Crippen LogP contribution in [0.3, 0.4) is 0 Å². The summed E-state index contributed by atoms with van der Waals surface area (Å²) in [6.45, 7) is 0. The van der Waals surface area contributed by atoms with E-state index in [4.69, 9.17) is 12.2 Å². The van der Waals surface area contributed by atoms with E-state index in [1.165, 1.54) is 0 Å². The molecule has 0 aromatic heterocycles. The lowest BCUT2D eigenvalue weighted by Gasteiger charge is -2.01. The van der Waals surface area contributed by atoms with Crippen LogP contribution in [0.2, 0.25) is 0 Å². The summed E-state index contributed by atoms with van der Waals surface area (Å²) in [6.07, 6.45) is 0.288. The number of hydrogen-bond acceptors (Lipinski definition) is 2. The van der Waals surface area contributed by atoms with Crippen molar-refractivity contribution in [3.8, 4) is 0 Å². The highest BCUT2D eigenvalue weighted by Gasteiger charge is 2.04. The summed E-state index contributed by atoms with van der Waals surface area (Å²) < 4.78 is 0. The monoisotopic (exact) mass is 193 g/mol. The fourth-order valence-electron chi connectivity index (χ4n) is 0.960. The molecule has 0 unspecified atom stereocenters. The lowest BCUT2D eigenvalue weighted by Crippen LogP contribution is -2.20. The second kappa shape index (κ2) is 4.72. The number of hydrogen-bond donors (Lipinski definition) is 1. The number of amides is 1. The molecule has 1 N–H and O–H groups in total. The van der Waals surface area contributed by atoms with Crippen LogP contribution in [0.4, 0.5) is 0 Å². The van der Waals surface area contributed by atoms with Crippen molar-refractivity contribution in [1.29, 1.82) is 0 Å². The van der Waals surface area contributed by atoms with E-state index in [0.29, 0.717) is 4.86 Å². The first-order valence-corrected chi connectivity index (χ1v) is 4.43. The van der Waals surface area contributed by atoms with Gasteiger partial charge in [-0.1, -0.05) is 42.5 Å². The third-order valence-corrected chi connectivity index (χ3v) is 2.08. The third kappa shape index (κ3) is 2.95. The summed E-state index contributed by atoms with van der Waals surface area (Å²) >= 11 is 5.10. The van der Waals surface area contributed by atoms with Crippen molar-refractivity contribution < 1.29 is 4.79 Å². The predicted molar refractivity (Wildman–Crippen MR) is 56.8 cm³/mol. The molecule has 2 nitrogen and oxygen atoms in total. The second-order valence-electron chi connectivity index (χ2n) is 2.64. The molecule has 13 heavy (non-hydrogen) atoms. The van der Waals surface area contributed by atoms with Crippen molar-refractivity contribution in [1.82, 2.24) is 5.32 Å². The minimum atomic E-state index is -0.0474. The standard InChI is InChI=1S/C10H11NOS/c1-11-10(12)7-9(13)8-5-3-2-4-6-8/h2-6H,7H2,1H3,(H,11,12). The van der Waals surface area contributed by atoms with E-state index in [1.807, 2.05) is 30.3 Å². The molecule has 0 atom stereocenters. The van der Waals surface area contributed by atoms with E-state index in [-0.39, 0.29) is 12.3 Å². The van der Waals surface area contributed by atoms with Gasteiger partial charge in [0, 0.05) is 11.9 Å². The Hall–Kier alpha value is -1.22. The van der Waals surface area contributed by atoms with Crippen LogP contribution in [0.25, 0.3) is 0 Å². The summed E-state index contributed by atoms with van der Waals surface area (Å²) in [5.74, 6) is -0.0474. The van der Waals surface area contributed by atoms with Gasteiger partial charge in [-0.15, -0.1) is 0 Å². The number of benzene rings is 1. The number of carbonyl (C=O) groups is 1. The molecule has 1 amide bonds. The molecular formula is C10H11NOS. The van der Waals surface area contributed by atoms with Gasteiger partial charge in [0.2, 0.25) is 5.91 Å². The van der Waals surface area contributed by atoms with Gasteiger partial charge in [0.25, 0.3) is 0 Å². The van der Waals surface area contributed by atoms with Crippen LogP contribution in [0.5, 0.6) is 0 Å². The Morgan fingerprint density at radius 2 is 2.00 bits per heavy atom. The lowest BCUT2D eigenvalue weighted by molar-refractivity contribution is -0.119. The molecular weight excluding hydrogens is 182 g/mol. The van der Waals surface area contributed by atoms with Crippen LogP contribution in [0.1, 0.15) is 12.0 Å². The van der Waals surface area contributed by atoms with E-state index in [1.54, 1.807) is 7.05 Å². The van der Waals surface area contributed by atoms with Gasteiger partial charge in [-0.05, 0) is 5.56 Å². The molecule has 1 aromatic carbocycles. The average Bonchev–Trinajstić information content (AvgIpc) is 2.19. The van der Waals surface area contributed by atoms with Crippen LogP contribution in [-0.2, 0) is 4.79 Å². The Bertz CT molecular complexity index is 308. The Morgan fingerprint density at radius 1 is 1.38 bits per heavy atom. The van der Waals surface area contributed by atoms with Crippen LogP contribution < -0.4 is 5.32 Å². The molecule has 0 heterocycles. The van der Waals surface area contributed by atoms with Crippen LogP contribution >= 0.6 is 12.2 Å². The highest BCUT2D eigenvalue weighted by Crippen LogP contribution is 2.04. The molecule has 0 spiro atoms. The highest BCUT2D eigenvalue weighted by molar-refractivity contribution is 7.80. The molecule has 1 aromatic rings. The van der Waals surface area contributed by atoms with Crippen molar-refractivity contribution in [3.63, 3.8) is 0 Å². The predicted octanol–water partition coefficient (Wildman–Crippen LogP) is 1.54. The summed E-state index contributed by atoms with van der Waals surface area (Å²) in [5, 5.41) is 2.54. The minimum absolute atomic E-state index is 0.0474. The van der Waals surface area contributed by atoms with Gasteiger partial charge in [-0.2, -0.15) is 0 Å². The summed E-state index contributed by atoms with van der Waals surface area (Å²) in [7, 11) is 1.61. The number of nitrogens with one attached hydrogen (secondary N) is 1. The fraction of sp³-hybridized carbons (Fsp3) is 0.200. The van der Waals surface area contributed by atoms with Crippen molar-refractivity contribution in [2.45, 2.75) is 6.42 Å². The Morgan fingerprint density at radius 3 is 2.54 bits per heavy atom. The highest BCUT2D eigenvalue weighted by atomic mass is 32.1. The van der Waals surface area contributed by atoms with Crippen molar-refractivity contribution in [3.05, 3.63) is 35.9 Å². The molecule has 0 aliphatic rings. The number of thiocarbonyl (C=S) groups is 1. The largest absolute Gasteiger partial charge is 0.359 e. The second-order valence-corrected chi connectivity index (χ2v) is 3.13. The van der Waals surface area contributed by atoms with Crippen LogP contribution in [-0.4, -0.2) is 17.8 Å². The van der Waals surface area contributed by atoms with E-state index < -0.39 is 0 Å². The van der Waals surface area contributed by atoms with Gasteiger partial charge in [0.1, 0.15) is 0 Å². The molecule has 3 heteroatoms. The summed E-state index contributed by atoms with van der Waals surface area (Å²) in [6, 6.07) is 9.56. The molecule has 0 fully saturated rings. The van der Waals surface area contributed by atoms with E-state index in [9.17, 15) is 4.79 Å². The van der Waals surface area contributed by atoms with Crippen molar-refractivity contribution in [2.75, 3.05) is 7.05 Å². The Kier molecular flexibility index (Phi) is 3.58. The average molecular weight is 193 g/mol. The molecule has 0 aliphatic carbocycles. The lowest BCUT2D eigenvalue weighted by atomic mass is 10.1. The molecule has 68 valence electrons. The molecule has 0 saturated carbocycles. The quantitative estimate of drug-likeness (QED) is 0.583. The molecule has 1 rings (SSSR count). The van der Waals surface area contributed by atoms with Gasteiger partial charge in [-0.25, -0.2) is 0 Å².